The van der Waals surface area contributed by atoms with E-state index in [1.54, 1.807) is 13.0 Å². The van der Waals surface area contributed by atoms with Gasteiger partial charge in [-0.05, 0) is 43.7 Å². The van der Waals surface area contributed by atoms with Gasteiger partial charge in [0, 0.05) is 10.9 Å². The lowest BCUT2D eigenvalue weighted by Gasteiger charge is -2.18. The van der Waals surface area contributed by atoms with Crippen LogP contribution in [0.15, 0.2) is 24.3 Å². The van der Waals surface area contributed by atoms with Gasteiger partial charge in [-0.15, -0.1) is 11.3 Å². The third kappa shape index (κ3) is 3.85. The van der Waals surface area contributed by atoms with Gasteiger partial charge in [0.25, 0.3) is 11.6 Å². The zero-order valence-corrected chi connectivity index (χ0v) is 15.9. The fourth-order valence-corrected chi connectivity index (χ4v) is 4.65. The molecular weight excluding hydrogens is 368 g/mol. The summed E-state index contributed by atoms with van der Waals surface area (Å²) in [6, 6.07) is 5.74. The van der Waals surface area contributed by atoms with Crippen LogP contribution in [0, 0.1) is 16.0 Å². The quantitative estimate of drug-likeness (QED) is 0.470. The number of thiophene rings is 1. The van der Waals surface area contributed by atoms with Crippen molar-refractivity contribution < 1.29 is 19.2 Å². The summed E-state index contributed by atoms with van der Waals surface area (Å²) < 4.78 is 5.18. The summed E-state index contributed by atoms with van der Waals surface area (Å²) in [5.41, 5.74) is 0.991. The average molecular weight is 388 g/mol. The van der Waals surface area contributed by atoms with E-state index in [1.807, 2.05) is 0 Å². The topological polar surface area (TPSA) is 98.5 Å². The molecule has 7 nitrogen and oxygen atoms in total. The zero-order valence-electron chi connectivity index (χ0n) is 15.1. The molecule has 27 heavy (non-hydrogen) atoms. The van der Waals surface area contributed by atoms with Crippen LogP contribution < -0.4 is 5.32 Å². The van der Waals surface area contributed by atoms with Crippen LogP contribution in [0.3, 0.4) is 0 Å². The smallest absolute Gasteiger partial charge is 0.341 e. The van der Waals surface area contributed by atoms with Gasteiger partial charge in [0.15, 0.2) is 0 Å². The molecule has 0 saturated carbocycles. The van der Waals surface area contributed by atoms with Crippen LogP contribution in [0.2, 0.25) is 0 Å². The Kier molecular flexibility index (Phi) is 5.55. The second-order valence-electron chi connectivity index (χ2n) is 6.50. The predicted molar refractivity (Wildman–Crippen MR) is 103 cm³/mol. The summed E-state index contributed by atoms with van der Waals surface area (Å²) in [6.45, 7) is 4.11. The molecule has 0 unspecified atom stereocenters. The highest BCUT2D eigenvalue weighted by Gasteiger charge is 2.30. The van der Waals surface area contributed by atoms with Gasteiger partial charge in [0.1, 0.15) is 10.6 Å². The van der Waals surface area contributed by atoms with E-state index in [-0.39, 0.29) is 17.9 Å². The molecule has 2 aromatic rings. The maximum atomic E-state index is 12.7. The Bertz CT molecular complexity index is 906. The monoisotopic (exact) mass is 388 g/mol. The van der Waals surface area contributed by atoms with Crippen LogP contribution in [0.25, 0.3) is 0 Å². The Hall–Kier alpha value is -2.74. The first-order valence-corrected chi connectivity index (χ1v) is 9.60. The standard InChI is InChI=1S/C19H20N2O5S/c1-3-26-19(23)16-13-9-8-11(2)10-15(13)27-18(16)20-17(22)12-6-4-5-7-14(12)21(24)25/h4-7,11H,3,8-10H2,1-2H3,(H,20,22)/t11-/m1/s1. The van der Waals surface area contributed by atoms with E-state index in [4.69, 9.17) is 4.74 Å². The zero-order chi connectivity index (χ0) is 19.6. The van der Waals surface area contributed by atoms with Crippen molar-refractivity contribution in [1.29, 1.82) is 0 Å². The Labute approximate surface area is 160 Å². The molecule has 1 N–H and O–H groups in total. The van der Waals surface area contributed by atoms with Gasteiger partial charge < -0.3 is 10.1 Å². The van der Waals surface area contributed by atoms with Crippen molar-refractivity contribution >= 4 is 33.9 Å². The van der Waals surface area contributed by atoms with Gasteiger partial charge in [-0.2, -0.15) is 0 Å². The van der Waals surface area contributed by atoms with Crippen LogP contribution in [-0.2, 0) is 17.6 Å². The Morgan fingerprint density at radius 1 is 1.37 bits per heavy atom. The second kappa shape index (κ2) is 7.87. The van der Waals surface area contributed by atoms with Crippen molar-refractivity contribution in [3.05, 3.63) is 55.9 Å². The van der Waals surface area contributed by atoms with Crippen LogP contribution in [-0.4, -0.2) is 23.4 Å². The highest BCUT2D eigenvalue weighted by Crippen LogP contribution is 2.40. The van der Waals surface area contributed by atoms with Crippen LogP contribution in [0.5, 0.6) is 0 Å². The van der Waals surface area contributed by atoms with Crippen molar-refractivity contribution in [1.82, 2.24) is 0 Å². The van der Waals surface area contributed by atoms with E-state index in [9.17, 15) is 19.7 Å². The van der Waals surface area contributed by atoms with E-state index >= 15 is 0 Å². The summed E-state index contributed by atoms with van der Waals surface area (Å²) >= 11 is 1.35. The fourth-order valence-electron chi connectivity index (χ4n) is 3.25. The first-order chi connectivity index (χ1) is 12.9. The molecular formula is C19H20N2O5S. The maximum Gasteiger partial charge on any atom is 0.341 e. The minimum atomic E-state index is -0.612. The number of nitro benzene ring substituents is 1. The molecule has 1 aromatic heterocycles. The molecule has 0 radical (unpaired) electrons. The Balaban J connectivity index is 1.98. The largest absolute Gasteiger partial charge is 0.462 e. The highest BCUT2D eigenvalue weighted by atomic mass is 32.1. The molecule has 0 fully saturated rings. The first kappa shape index (κ1) is 19.0. The number of carbonyl (C=O) groups is 2. The minimum absolute atomic E-state index is 0.0444. The van der Waals surface area contributed by atoms with Gasteiger partial charge in [-0.1, -0.05) is 19.1 Å². The molecule has 142 valence electrons. The van der Waals surface area contributed by atoms with E-state index in [1.165, 1.54) is 29.5 Å². The lowest BCUT2D eigenvalue weighted by atomic mass is 9.88. The number of hydrogen-bond donors (Lipinski definition) is 1. The SMILES string of the molecule is CCOC(=O)c1c(NC(=O)c2ccccc2[N+](=O)[O-])sc2c1CC[C@@H](C)C2. The van der Waals surface area contributed by atoms with Crippen molar-refractivity contribution in [3.8, 4) is 0 Å². The molecule has 0 bridgehead atoms. The molecule has 1 aromatic carbocycles. The lowest BCUT2D eigenvalue weighted by molar-refractivity contribution is -0.385. The van der Waals surface area contributed by atoms with Gasteiger partial charge >= 0.3 is 5.97 Å². The molecule has 8 heteroatoms. The third-order valence-electron chi connectivity index (χ3n) is 4.56. The normalized spacial score (nSPS) is 15.7. The summed E-state index contributed by atoms with van der Waals surface area (Å²) in [4.78, 5) is 36.8. The van der Waals surface area contributed by atoms with E-state index < -0.39 is 16.8 Å². The van der Waals surface area contributed by atoms with Crippen LogP contribution in [0.1, 0.15) is 51.4 Å². The van der Waals surface area contributed by atoms with Crippen LogP contribution in [0.4, 0.5) is 10.7 Å². The van der Waals surface area contributed by atoms with E-state index in [0.29, 0.717) is 16.5 Å². The average Bonchev–Trinajstić information content (AvgIpc) is 2.98. The molecule has 0 spiro atoms. The number of nitrogens with zero attached hydrogens (tertiary/aromatic N) is 1. The number of esters is 1. The Morgan fingerprint density at radius 2 is 2.11 bits per heavy atom. The number of para-hydroxylation sites is 1. The van der Waals surface area contributed by atoms with Crippen molar-refractivity contribution in [2.45, 2.75) is 33.1 Å². The van der Waals surface area contributed by atoms with Crippen LogP contribution >= 0.6 is 11.3 Å². The molecule has 1 heterocycles. The number of amides is 1. The fraction of sp³-hybridized carbons (Fsp3) is 0.368. The molecule has 1 amide bonds. The van der Waals surface area contributed by atoms with E-state index in [0.717, 1.165) is 29.7 Å². The number of anilines is 1. The number of fused-ring (bicyclic) bond motifs is 1. The number of rotatable bonds is 5. The van der Waals surface area contributed by atoms with Crippen molar-refractivity contribution in [2.75, 3.05) is 11.9 Å². The number of nitro groups is 1. The van der Waals surface area contributed by atoms with Crippen molar-refractivity contribution in [2.24, 2.45) is 5.92 Å². The summed E-state index contributed by atoms with van der Waals surface area (Å²) in [5, 5.41) is 14.3. The molecule has 1 aliphatic rings. The highest BCUT2D eigenvalue weighted by molar-refractivity contribution is 7.17. The molecule has 0 saturated heterocycles. The van der Waals surface area contributed by atoms with Gasteiger partial charge in [-0.25, -0.2) is 4.79 Å². The first-order valence-electron chi connectivity index (χ1n) is 8.78. The van der Waals surface area contributed by atoms with E-state index in [2.05, 4.69) is 12.2 Å². The predicted octanol–water partition coefficient (Wildman–Crippen LogP) is 4.21. The summed E-state index contributed by atoms with van der Waals surface area (Å²) in [6.07, 6.45) is 2.56. The third-order valence-corrected chi connectivity index (χ3v) is 5.73. The maximum absolute atomic E-state index is 12.7. The lowest BCUT2D eigenvalue weighted by Crippen LogP contribution is -2.17. The number of benzene rings is 1. The molecule has 1 aliphatic carbocycles. The molecule has 3 rings (SSSR count). The van der Waals surface area contributed by atoms with Gasteiger partial charge in [0.2, 0.25) is 0 Å². The summed E-state index contributed by atoms with van der Waals surface area (Å²) in [5.74, 6) is -0.577. The number of hydrogen-bond acceptors (Lipinski definition) is 6. The number of ether oxygens (including phenoxy) is 1. The molecule has 0 aliphatic heterocycles. The number of carbonyl (C=O) groups excluding carboxylic acids is 2. The van der Waals surface area contributed by atoms with Gasteiger partial charge in [0.05, 0.1) is 17.1 Å². The van der Waals surface area contributed by atoms with Gasteiger partial charge in [-0.3, -0.25) is 14.9 Å². The minimum Gasteiger partial charge on any atom is -0.462 e. The van der Waals surface area contributed by atoms with Crippen molar-refractivity contribution in [3.63, 3.8) is 0 Å². The summed E-state index contributed by atoms with van der Waals surface area (Å²) in [7, 11) is 0. The second-order valence-corrected chi connectivity index (χ2v) is 7.61. The Morgan fingerprint density at radius 3 is 2.81 bits per heavy atom. The molecule has 1 atom stereocenters. The number of nitrogens with one attached hydrogen (secondary N) is 1.